The van der Waals surface area contributed by atoms with Gasteiger partial charge in [-0.05, 0) is 24.5 Å². The van der Waals surface area contributed by atoms with Crippen LogP contribution in [0.4, 0.5) is 11.6 Å². The number of nitrogens with two attached hydrogens (primary N) is 1. The maximum absolute atomic E-state index is 5.46. The molecule has 0 radical (unpaired) electrons. The number of hydrogen-bond donors (Lipinski definition) is 2. The van der Waals surface area contributed by atoms with Gasteiger partial charge in [-0.25, -0.2) is 15.8 Å². The molecule has 18 heavy (non-hydrogen) atoms. The molecule has 0 saturated carbocycles. The third-order valence-corrected chi connectivity index (χ3v) is 3.79. The number of aromatic nitrogens is 2. The van der Waals surface area contributed by atoms with E-state index in [2.05, 4.69) is 34.1 Å². The first-order valence-electron chi connectivity index (χ1n) is 6.19. The molecule has 1 aromatic heterocycles. The zero-order chi connectivity index (χ0) is 13.2. The Hall–Kier alpha value is -1.01. The summed E-state index contributed by atoms with van der Waals surface area (Å²) in [5.74, 6) is 7.10. The fourth-order valence-electron chi connectivity index (χ4n) is 2.36. The summed E-state index contributed by atoms with van der Waals surface area (Å²) >= 11 is 1.53. The molecule has 0 unspecified atom stereocenters. The minimum Gasteiger partial charge on any atom is -0.356 e. The molecule has 1 aromatic rings. The molecule has 1 saturated heterocycles. The first kappa shape index (κ1) is 13.4. The van der Waals surface area contributed by atoms with Crippen LogP contribution in [-0.4, -0.2) is 29.3 Å². The van der Waals surface area contributed by atoms with Crippen LogP contribution in [0.1, 0.15) is 26.7 Å². The quantitative estimate of drug-likeness (QED) is 0.378. The summed E-state index contributed by atoms with van der Waals surface area (Å²) < 4.78 is 0. The smallest absolute Gasteiger partial charge is 0.191 e. The van der Waals surface area contributed by atoms with Gasteiger partial charge in [-0.15, -0.1) is 0 Å². The molecule has 2 rings (SSSR count). The van der Waals surface area contributed by atoms with Crippen molar-refractivity contribution >= 4 is 23.4 Å². The molecule has 3 N–H and O–H groups in total. The van der Waals surface area contributed by atoms with E-state index in [4.69, 9.17) is 5.84 Å². The number of piperidine rings is 1. The third-order valence-electron chi connectivity index (χ3n) is 3.25. The maximum Gasteiger partial charge on any atom is 0.191 e. The van der Waals surface area contributed by atoms with E-state index in [0.717, 1.165) is 24.1 Å². The molecule has 6 heteroatoms. The molecular weight excluding hydrogens is 246 g/mol. The van der Waals surface area contributed by atoms with Gasteiger partial charge in [0.1, 0.15) is 11.6 Å². The van der Waals surface area contributed by atoms with Gasteiger partial charge in [0.15, 0.2) is 5.16 Å². The number of nitrogen functional groups attached to an aromatic ring is 1. The molecule has 1 aliphatic heterocycles. The summed E-state index contributed by atoms with van der Waals surface area (Å²) in [5, 5.41) is 0.754. The molecule has 5 nitrogen and oxygen atoms in total. The largest absolute Gasteiger partial charge is 0.356 e. The summed E-state index contributed by atoms with van der Waals surface area (Å²) in [6, 6.07) is 1.92. The Labute approximate surface area is 113 Å². The van der Waals surface area contributed by atoms with E-state index in [1.807, 2.05) is 12.3 Å². The van der Waals surface area contributed by atoms with Crippen molar-refractivity contribution in [2.45, 2.75) is 31.8 Å². The Morgan fingerprint density at radius 3 is 2.83 bits per heavy atom. The number of rotatable bonds is 3. The van der Waals surface area contributed by atoms with Gasteiger partial charge in [0.05, 0.1) is 0 Å². The Morgan fingerprint density at radius 1 is 1.44 bits per heavy atom. The fourth-order valence-corrected chi connectivity index (χ4v) is 2.73. The van der Waals surface area contributed by atoms with E-state index in [1.165, 1.54) is 24.6 Å². The normalized spacial score (nSPS) is 18.8. The maximum atomic E-state index is 5.46. The highest BCUT2D eigenvalue weighted by Crippen LogP contribution is 2.31. The van der Waals surface area contributed by atoms with Crippen molar-refractivity contribution in [3.63, 3.8) is 0 Å². The van der Waals surface area contributed by atoms with Crippen LogP contribution in [0, 0.1) is 5.41 Å². The highest BCUT2D eigenvalue weighted by atomic mass is 32.2. The second-order valence-corrected chi connectivity index (χ2v) is 6.21. The molecule has 0 atom stereocenters. The van der Waals surface area contributed by atoms with Crippen molar-refractivity contribution in [1.82, 2.24) is 9.97 Å². The lowest BCUT2D eigenvalue weighted by molar-refractivity contribution is 0.292. The van der Waals surface area contributed by atoms with E-state index >= 15 is 0 Å². The number of hydrogen-bond acceptors (Lipinski definition) is 6. The number of hydrazine groups is 1. The van der Waals surface area contributed by atoms with Gasteiger partial charge in [0, 0.05) is 19.2 Å². The van der Waals surface area contributed by atoms with Gasteiger partial charge in [-0.1, -0.05) is 25.6 Å². The molecule has 0 aliphatic carbocycles. The van der Waals surface area contributed by atoms with Crippen LogP contribution < -0.4 is 16.2 Å². The Bertz CT molecular complexity index is 399. The minimum atomic E-state index is 0.346. The fraction of sp³-hybridized carbons (Fsp3) is 0.667. The molecule has 1 fully saturated rings. The standard InChI is InChI=1S/C12H21N5S/c1-12(2)5-4-6-17(8-12)10-7-9(16-13)14-11(15-10)18-3/h7H,4-6,8,13H2,1-3H3,(H,14,15,16). The average molecular weight is 267 g/mol. The Balaban J connectivity index is 2.26. The number of nitrogens with zero attached hydrogens (tertiary/aromatic N) is 3. The topological polar surface area (TPSA) is 67.1 Å². The molecule has 0 aromatic carbocycles. The first-order chi connectivity index (χ1) is 8.54. The van der Waals surface area contributed by atoms with E-state index in [0.29, 0.717) is 11.2 Å². The van der Waals surface area contributed by atoms with Crippen LogP contribution in [0.5, 0.6) is 0 Å². The zero-order valence-electron chi connectivity index (χ0n) is 11.2. The monoisotopic (exact) mass is 267 g/mol. The van der Waals surface area contributed by atoms with Crippen LogP contribution in [0.15, 0.2) is 11.2 Å². The van der Waals surface area contributed by atoms with Crippen molar-refractivity contribution in [3.05, 3.63) is 6.07 Å². The van der Waals surface area contributed by atoms with Gasteiger partial charge in [-0.2, -0.15) is 0 Å². The van der Waals surface area contributed by atoms with E-state index in [9.17, 15) is 0 Å². The molecule has 100 valence electrons. The first-order valence-corrected chi connectivity index (χ1v) is 7.41. The van der Waals surface area contributed by atoms with Crippen LogP contribution in [-0.2, 0) is 0 Å². The molecular formula is C12H21N5S. The van der Waals surface area contributed by atoms with Crippen LogP contribution >= 0.6 is 11.8 Å². The Morgan fingerprint density at radius 2 is 2.22 bits per heavy atom. The lowest BCUT2D eigenvalue weighted by Crippen LogP contribution is -2.40. The van der Waals surface area contributed by atoms with Gasteiger partial charge in [0.25, 0.3) is 0 Å². The van der Waals surface area contributed by atoms with Crippen molar-refractivity contribution in [2.75, 3.05) is 29.7 Å². The summed E-state index contributed by atoms with van der Waals surface area (Å²) in [7, 11) is 0. The van der Waals surface area contributed by atoms with Crippen molar-refractivity contribution < 1.29 is 0 Å². The molecule has 2 heterocycles. The number of anilines is 2. The van der Waals surface area contributed by atoms with Crippen LogP contribution in [0.2, 0.25) is 0 Å². The Kier molecular flexibility index (Phi) is 3.97. The van der Waals surface area contributed by atoms with Crippen LogP contribution in [0.3, 0.4) is 0 Å². The molecule has 0 amide bonds. The predicted molar refractivity (Wildman–Crippen MR) is 76.9 cm³/mol. The number of nitrogens with one attached hydrogen (secondary N) is 1. The highest BCUT2D eigenvalue weighted by Gasteiger charge is 2.27. The summed E-state index contributed by atoms with van der Waals surface area (Å²) in [5.41, 5.74) is 2.96. The minimum absolute atomic E-state index is 0.346. The summed E-state index contributed by atoms with van der Waals surface area (Å²) in [6.45, 7) is 6.69. The average Bonchev–Trinajstić information content (AvgIpc) is 2.37. The van der Waals surface area contributed by atoms with E-state index < -0.39 is 0 Å². The summed E-state index contributed by atoms with van der Waals surface area (Å²) in [6.07, 6.45) is 4.45. The molecule has 0 bridgehead atoms. The van der Waals surface area contributed by atoms with E-state index in [-0.39, 0.29) is 0 Å². The van der Waals surface area contributed by atoms with Gasteiger partial charge in [-0.3, -0.25) is 0 Å². The number of thioether (sulfide) groups is 1. The summed E-state index contributed by atoms with van der Waals surface area (Å²) in [4.78, 5) is 11.2. The van der Waals surface area contributed by atoms with Gasteiger partial charge in [0.2, 0.25) is 0 Å². The molecule has 0 spiro atoms. The van der Waals surface area contributed by atoms with Gasteiger partial charge >= 0.3 is 0 Å². The SMILES string of the molecule is CSc1nc(NN)cc(N2CCCC(C)(C)C2)n1. The highest BCUT2D eigenvalue weighted by molar-refractivity contribution is 7.98. The van der Waals surface area contributed by atoms with Crippen molar-refractivity contribution in [3.8, 4) is 0 Å². The van der Waals surface area contributed by atoms with Crippen molar-refractivity contribution in [1.29, 1.82) is 0 Å². The zero-order valence-corrected chi connectivity index (χ0v) is 12.0. The second-order valence-electron chi connectivity index (χ2n) is 5.43. The predicted octanol–water partition coefficient (Wildman–Crippen LogP) is 2.11. The van der Waals surface area contributed by atoms with E-state index in [1.54, 1.807) is 0 Å². The second kappa shape index (κ2) is 5.32. The lowest BCUT2D eigenvalue weighted by atomic mass is 9.84. The van der Waals surface area contributed by atoms with Crippen molar-refractivity contribution in [2.24, 2.45) is 11.3 Å². The lowest BCUT2D eigenvalue weighted by Gasteiger charge is -2.38. The third kappa shape index (κ3) is 3.05. The van der Waals surface area contributed by atoms with Gasteiger partial charge < -0.3 is 10.3 Å². The van der Waals surface area contributed by atoms with Crippen LogP contribution in [0.25, 0.3) is 0 Å². The molecule has 1 aliphatic rings.